The summed E-state index contributed by atoms with van der Waals surface area (Å²) in [5.74, 6) is 0. The van der Waals surface area contributed by atoms with Gasteiger partial charge in [-0.2, -0.15) is 0 Å². The molecule has 0 saturated heterocycles. The molecule has 2 N–H and O–H groups in total. The van der Waals surface area contributed by atoms with Crippen LogP contribution in [0.4, 0.5) is 11.4 Å². The summed E-state index contributed by atoms with van der Waals surface area (Å²) >= 11 is 3.52. The number of anilines is 2. The van der Waals surface area contributed by atoms with Gasteiger partial charge in [0.05, 0.1) is 11.4 Å². The van der Waals surface area contributed by atoms with Crippen molar-refractivity contribution in [2.45, 2.75) is 38.6 Å². The van der Waals surface area contributed by atoms with E-state index < -0.39 is 0 Å². The van der Waals surface area contributed by atoms with E-state index in [0.717, 1.165) is 16.7 Å². The second-order valence-electron chi connectivity index (χ2n) is 4.43. The van der Waals surface area contributed by atoms with E-state index in [-0.39, 0.29) is 0 Å². The van der Waals surface area contributed by atoms with Crippen molar-refractivity contribution >= 4 is 27.3 Å². The van der Waals surface area contributed by atoms with Crippen molar-refractivity contribution in [2.24, 2.45) is 0 Å². The molecule has 0 aliphatic heterocycles. The van der Waals surface area contributed by atoms with Gasteiger partial charge >= 0.3 is 0 Å². The Morgan fingerprint density at radius 3 is 2.69 bits per heavy atom. The van der Waals surface area contributed by atoms with Crippen molar-refractivity contribution in [3.05, 3.63) is 22.7 Å². The Morgan fingerprint density at radius 1 is 1.38 bits per heavy atom. The predicted octanol–water partition coefficient (Wildman–Crippen LogP) is 3.80. The highest BCUT2D eigenvalue weighted by molar-refractivity contribution is 9.10. The Bertz CT molecular complexity index is 359. The van der Waals surface area contributed by atoms with E-state index in [2.05, 4.69) is 33.8 Å². The third kappa shape index (κ3) is 2.34. The van der Waals surface area contributed by atoms with Crippen molar-refractivity contribution in [1.82, 2.24) is 0 Å². The number of nitrogen functional groups attached to an aromatic ring is 1. The highest BCUT2D eigenvalue weighted by Crippen LogP contribution is 2.33. The average Bonchev–Trinajstić information content (AvgIpc) is 2.78. The van der Waals surface area contributed by atoms with Gasteiger partial charge in [-0.1, -0.05) is 28.8 Å². The molecule has 1 fully saturated rings. The normalized spacial score (nSPS) is 16.6. The van der Waals surface area contributed by atoms with Gasteiger partial charge in [0.1, 0.15) is 0 Å². The zero-order chi connectivity index (χ0) is 11.5. The van der Waals surface area contributed by atoms with Crippen molar-refractivity contribution in [1.29, 1.82) is 0 Å². The van der Waals surface area contributed by atoms with Crippen LogP contribution < -0.4 is 10.6 Å². The predicted molar refractivity (Wildman–Crippen MR) is 73.8 cm³/mol. The molecule has 1 aromatic carbocycles. The fourth-order valence-electron chi connectivity index (χ4n) is 2.61. The summed E-state index contributed by atoms with van der Waals surface area (Å²) in [4.78, 5) is 2.45. The van der Waals surface area contributed by atoms with Gasteiger partial charge in [-0.15, -0.1) is 0 Å². The molecule has 1 aliphatic rings. The summed E-state index contributed by atoms with van der Waals surface area (Å²) in [6, 6.07) is 6.80. The summed E-state index contributed by atoms with van der Waals surface area (Å²) in [5.41, 5.74) is 8.14. The van der Waals surface area contributed by atoms with Crippen LogP contribution in [0.2, 0.25) is 0 Å². The monoisotopic (exact) mass is 282 g/mol. The Labute approximate surface area is 106 Å². The summed E-state index contributed by atoms with van der Waals surface area (Å²) in [5, 5.41) is 0. The first-order chi connectivity index (χ1) is 7.72. The maximum atomic E-state index is 6.07. The number of rotatable bonds is 3. The molecule has 1 aliphatic carbocycles. The fraction of sp³-hybridized carbons (Fsp3) is 0.538. The summed E-state index contributed by atoms with van der Waals surface area (Å²) in [6.07, 6.45) is 5.32. The van der Waals surface area contributed by atoms with Gasteiger partial charge in [0.15, 0.2) is 0 Å². The average molecular weight is 283 g/mol. The van der Waals surface area contributed by atoms with Gasteiger partial charge in [0.2, 0.25) is 0 Å². The molecule has 2 rings (SSSR count). The number of nitrogens with zero attached hydrogens (tertiary/aromatic N) is 1. The third-order valence-corrected chi connectivity index (χ3v) is 3.90. The molecule has 0 radical (unpaired) electrons. The molecule has 0 aromatic heterocycles. The standard InChI is InChI=1S/C13H19BrN2/c1-2-16(11-5-3-4-6-11)13-9-10(14)7-8-12(13)15/h7-9,11H,2-6,15H2,1H3. The Morgan fingerprint density at radius 2 is 2.06 bits per heavy atom. The van der Waals surface area contributed by atoms with Crippen LogP contribution in [0, 0.1) is 0 Å². The molecule has 0 amide bonds. The molecule has 88 valence electrons. The van der Waals surface area contributed by atoms with Gasteiger partial charge in [0.25, 0.3) is 0 Å². The van der Waals surface area contributed by atoms with Gasteiger partial charge in [0, 0.05) is 17.1 Å². The molecule has 0 spiro atoms. The lowest BCUT2D eigenvalue weighted by Gasteiger charge is -2.31. The van der Waals surface area contributed by atoms with Gasteiger partial charge in [-0.05, 0) is 38.0 Å². The van der Waals surface area contributed by atoms with Crippen molar-refractivity contribution in [3.63, 3.8) is 0 Å². The molecule has 0 atom stereocenters. The molecule has 1 aromatic rings. The van der Waals surface area contributed by atoms with Crippen molar-refractivity contribution in [3.8, 4) is 0 Å². The molecule has 2 nitrogen and oxygen atoms in total. The van der Waals surface area contributed by atoms with E-state index in [9.17, 15) is 0 Å². The van der Waals surface area contributed by atoms with Crippen LogP contribution in [0.15, 0.2) is 22.7 Å². The van der Waals surface area contributed by atoms with E-state index >= 15 is 0 Å². The minimum atomic E-state index is 0.682. The summed E-state index contributed by atoms with van der Waals surface area (Å²) in [6.45, 7) is 3.24. The smallest absolute Gasteiger partial charge is 0.0613 e. The van der Waals surface area contributed by atoms with Crippen LogP contribution in [0.25, 0.3) is 0 Å². The molecule has 0 bridgehead atoms. The molecule has 1 saturated carbocycles. The van der Waals surface area contributed by atoms with Crippen LogP contribution in [0.5, 0.6) is 0 Å². The second-order valence-corrected chi connectivity index (χ2v) is 5.34. The maximum absolute atomic E-state index is 6.07. The highest BCUT2D eigenvalue weighted by Gasteiger charge is 2.22. The van der Waals surface area contributed by atoms with E-state index in [1.165, 1.54) is 31.4 Å². The topological polar surface area (TPSA) is 29.3 Å². The molecular formula is C13H19BrN2. The number of hydrogen-bond donors (Lipinski definition) is 1. The van der Waals surface area contributed by atoms with Gasteiger partial charge in [-0.25, -0.2) is 0 Å². The first kappa shape index (κ1) is 11.8. The number of halogens is 1. The molecule has 16 heavy (non-hydrogen) atoms. The second kappa shape index (κ2) is 5.09. The first-order valence-electron chi connectivity index (χ1n) is 6.04. The van der Waals surface area contributed by atoms with E-state index in [4.69, 9.17) is 5.73 Å². The minimum absolute atomic E-state index is 0.682. The third-order valence-electron chi connectivity index (χ3n) is 3.41. The zero-order valence-corrected chi connectivity index (χ0v) is 11.3. The number of nitrogens with two attached hydrogens (primary N) is 1. The van der Waals surface area contributed by atoms with Crippen LogP contribution in [-0.4, -0.2) is 12.6 Å². The first-order valence-corrected chi connectivity index (χ1v) is 6.83. The van der Waals surface area contributed by atoms with E-state index in [1.807, 2.05) is 12.1 Å². The maximum Gasteiger partial charge on any atom is 0.0613 e. The fourth-order valence-corrected chi connectivity index (χ4v) is 2.96. The van der Waals surface area contributed by atoms with E-state index in [0.29, 0.717) is 6.04 Å². The SMILES string of the molecule is CCN(c1cc(Br)ccc1N)C1CCCC1. The lowest BCUT2D eigenvalue weighted by molar-refractivity contribution is 0.620. The lowest BCUT2D eigenvalue weighted by atomic mass is 10.1. The van der Waals surface area contributed by atoms with E-state index in [1.54, 1.807) is 0 Å². The van der Waals surface area contributed by atoms with Gasteiger partial charge in [-0.3, -0.25) is 0 Å². The molecular weight excluding hydrogens is 264 g/mol. The quantitative estimate of drug-likeness (QED) is 0.855. The molecule has 0 unspecified atom stereocenters. The van der Waals surface area contributed by atoms with Gasteiger partial charge < -0.3 is 10.6 Å². The summed E-state index contributed by atoms with van der Waals surface area (Å²) < 4.78 is 1.10. The number of hydrogen-bond acceptors (Lipinski definition) is 2. The number of benzene rings is 1. The molecule has 0 heterocycles. The Kier molecular flexibility index (Phi) is 3.74. The van der Waals surface area contributed by atoms with Crippen LogP contribution in [-0.2, 0) is 0 Å². The molecule has 3 heteroatoms. The highest BCUT2D eigenvalue weighted by atomic mass is 79.9. The van der Waals surface area contributed by atoms with Crippen molar-refractivity contribution < 1.29 is 0 Å². The van der Waals surface area contributed by atoms with Crippen LogP contribution in [0.3, 0.4) is 0 Å². The summed E-state index contributed by atoms with van der Waals surface area (Å²) in [7, 11) is 0. The zero-order valence-electron chi connectivity index (χ0n) is 9.75. The van der Waals surface area contributed by atoms with Crippen LogP contribution >= 0.6 is 15.9 Å². The Balaban J connectivity index is 2.28. The van der Waals surface area contributed by atoms with Crippen molar-refractivity contribution in [2.75, 3.05) is 17.2 Å². The Hall–Kier alpha value is -0.700. The van der Waals surface area contributed by atoms with Crippen LogP contribution in [0.1, 0.15) is 32.6 Å². The largest absolute Gasteiger partial charge is 0.397 e. The minimum Gasteiger partial charge on any atom is -0.397 e. The lowest BCUT2D eigenvalue weighted by Crippen LogP contribution is -2.33.